The van der Waals surface area contributed by atoms with E-state index in [1.165, 1.54) is 7.11 Å². The van der Waals surface area contributed by atoms with E-state index in [-0.39, 0.29) is 60.2 Å². The number of Topliss-reactive ketones (excluding diaryl/α,β-unsaturated/α-hetero) is 2. The number of aliphatic hydroxyl groups excluding tert-OH is 1. The maximum atomic E-state index is 13.6. The Morgan fingerprint density at radius 2 is 2.03 bits per heavy atom. The van der Waals surface area contributed by atoms with E-state index in [1.807, 2.05) is 4.90 Å². The van der Waals surface area contributed by atoms with Crippen molar-refractivity contribution in [1.29, 1.82) is 5.26 Å². The molecule has 5 heterocycles. The third-order valence-corrected chi connectivity index (χ3v) is 8.50. The Labute approximate surface area is 180 Å². The van der Waals surface area contributed by atoms with Gasteiger partial charge in [0.05, 0.1) is 38.5 Å². The van der Waals surface area contributed by atoms with Crippen molar-refractivity contribution in [3.8, 4) is 6.07 Å². The van der Waals surface area contributed by atoms with Crippen molar-refractivity contribution in [2.75, 3.05) is 33.9 Å². The molecule has 4 saturated heterocycles. The van der Waals surface area contributed by atoms with E-state index in [0.29, 0.717) is 29.9 Å². The first-order chi connectivity index (χ1) is 15.0. The lowest BCUT2D eigenvalue weighted by molar-refractivity contribution is -0.145. The predicted molar refractivity (Wildman–Crippen MR) is 106 cm³/mol. The molecule has 0 spiro atoms. The SMILES string of the molecule is COC1=C(C)C(=O)C2=C(C1=O)[C@@H](CO)N1[C@H]3[C@@H]4[C@@H](C[C@H]([C@@H]1C#N)N4C)[C@H]1OCCN1[C@@H]23. The average Bonchev–Trinajstić information content (AvgIpc) is 3.34. The summed E-state index contributed by atoms with van der Waals surface area (Å²) in [5.74, 6) is -0.292. The lowest BCUT2D eigenvalue weighted by atomic mass is 9.69. The fourth-order valence-corrected chi connectivity index (χ4v) is 7.45. The zero-order chi connectivity index (χ0) is 21.8. The number of ketones is 2. The lowest BCUT2D eigenvalue weighted by Crippen LogP contribution is -2.78. The average molecular weight is 426 g/mol. The monoisotopic (exact) mass is 426 g/mol. The van der Waals surface area contributed by atoms with Crippen LogP contribution in [0.3, 0.4) is 0 Å². The van der Waals surface area contributed by atoms with Gasteiger partial charge in [0, 0.05) is 47.3 Å². The Morgan fingerprint density at radius 1 is 1.26 bits per heavy atom. The molecule has 6 rings (SSSR count). The Bertz CT molecular complexity index is 998. The van der Waals surface area contributed by atoms with Gasteiger partial charge in [-0.05, 0) is 20.4 Å². The first-order valence-electron chi connectivity index (χ1n) is 10.9. The molecule has 31 heavy (non-hydrogen) atoms. The number of allylic oxidation sites excluding steroid dienone is 2. The van der Waals surface area contributed by atoms with Gasteiger partial charge >= 0.3 is 0 Å². The van der Waals surface area contributed by atoms with Crippen LogP contribution in [0.5, 0.6) is 0 Å². The Kier molecular flexibility index (Phi) is 4.08. The smallest absolute Gasteiger partial charge is 0.226 e. The minimum Gasteiger partial charge on any atom is -0.492 e. The summed E-state index contributed by atoms with van der Waals surface area (Å²) in [6.45, 7) is 2.56. The molecule has 8 atom stereocenters. The van der Waals surface area contributed by atoms with E-state index in [4.69, 9.17) is 9.47 Å². The van der Waals surface area contributed by atoms with E-state index < -0.39 is 12.1 Å². The number of hydrogen-bond donors (Lipinski definition) is 1. The number of ether oxygens (including phenoxy) is 2. The Morgan fingerprint density at radius 3 is 2.71 bits per heavy atom. The second kappa shape index (κ2) is 6.47. The van der Waals surface area contributed by atoms with Gasteiger partial charge in [-0.15, -0.1) is 0 Å². The summed E-state index contributed by atoms with van der Waals surface area (Å²) in [6.07, 6.45) is 0.694. The van der Waals surface area contributed by atoms with Gasteiger partial charge < -0.3 is 14.6 Å². The third kappa shape index (κ3) is 2.12. The number of carbonyl (C=O) groups is 2. The second-order valence-electron chi connectivity index (χ2n) is 9.42. The minimum absolute atomic E-state index is 0.00850. The number of likely N-dealkylation sites (N-methyl/N-ethyl adjacent to an activating group) is 1. The van der Waals surface area contributed by atoms with Crippen LogP contribution < -0.4 is 0 Å². The van der Waals surface area contributed by atoms with Crippen LogP contribution >= 0.6 is 0 Å². The number of carbonyl (C=O) groups excluding carboxylic acids is 2. The molecule has 5 aliphatic heterocycles. The van der Waals surface area contributed by atoms with Crippen LogP contribution in [-0.4, -0.2) is 108 Å². The first kappa shape index (κ1) is 19.6. The Balaban J connectivity index is 1.63. The van der Waals surface area contributed by atoms with Gasteiger partial charge in [0.25, 0.3) is 0 Å². The third-order valence-electron chi connectivity index (χ3n) is 8.50. The molecule has 9 nitrogen and oxygen atoms in total. The highest BCUT2D eigenvalue weighted by Gasteiger charge is 2.68. The molecule has 1 aliphatic carbocycles. The summed E-state index contributed by atoms with van der Waals surface area (Å²) in [7, 11) is 3.44. The van der Waals surface area contributed by atoms with Crippen LogP contribution in [0.1, 0.15) is 13.3 Å². The number of nitrogens with zero attached hydrogens (tertiary/aromatic N) is 4. The zero-order valence-electron chi connectivity index (χ0n) is 17.8. The van der Waals surface area contributed by atoms with Crippen molar-refractivity contribution in [2.24, 2.45) is 5.92 Å². The molecule has 9 heteroatoms. The van der Waals surface area contributed by atoms with Gasteiger partial charge in [0.2, 0.25) is 5.78 Å². The molecule has 0 aromatic heterocycles. The minimum atomic E-state index is -0.701. The van der Waals surface area contributed by atoms with E-state index in [2.05, 4.69) is 22.9 Å². The molecule has 0 radical (unpaired) electrons. The molecule has 164 valence electrons. The fraction of sp³-hybridized carbons (Fsp3) is 0.682. The quantitative estimate of drug-likeness (QED) is 0.559. The lowest BCUT2D eigenvalue weighted by Gasteiger charge is -2.61. The number of hydrogen-bond acceptors (Lipinski definition) is 9. The summed E-state index contributed by atoms with van der Waals surface area (Å²) >= 11 is 0. The second-order valence-corrected chi connectivity index (χ2v) is 9.42. The fourth-order valence-electron chi connectivity index (χ4n) is 7.45. The standard InChI is InChI=1S/C22H26N4O5/c1-9-19(28)15-14(20(29)21(9)30-3)13(8-27)26-12(7-23)11-6-10-16(24(11)2)18(26)17(15)25-4-5-31-22(10)25/h10-13,16-18,22,27H,4-6,8H2,1-3H3/t10-,11-,12+,13-,16+,17+,18+,22-/m1/s1. The molecule has 4 fully saturated rings. The number of fused-ring (bicyclic) bond motifs is 5. The number of piperidine rings is 1. The van der Waals surface area contributed by atoms with E-state index in [1.54, 1.807) is 6.92 Å². The molecule has 0 aromatic rings. The van der Waals surface area contributed by atoms with Crippen molar-refractivity contribution in [2.45, 2.75) is 55.8 Å². The van der Waals surface area contributed by atoms with Crippen molar-refractivity contribution < 1.29 is 24.2 Å². The molecule has 0 saturated carbocycles. The molecule has 0 unspecified atom stereocenters. The van der Waals surface area contributed by atoms with E-state index >= 15 is 0 Å². The van der Waals surface area contributed by atoms with Crippen molar-refractivity contribution in [1.82, 2.24) is 14.7 Å². The molecule has 1 N–H and O–H groups in total. The topological polar surface area (TPSA) is 106 Å². The van der Waals surface area contributed by atoms with Crippen LogP contribution in [-0.2, 0) is 19.1 Å². The summed E-state index contributed by atoms with van der Waals surface area (Å²) < 4.78 is 11.5. The number of nitriles is 1. The summed E-state index contributed by atoms with van der Waals surface area (Å²) in [6, 6.07) is 0.854. The van der Waals surface area contributed by atoms with Gasteiger partial charge in [-0.3, -0.25) is 24.3 Å². The summed E-state index contributed by atoms with van der Waals surface area (Å²) in [5.41, 5.74) is 1.07. The largest absolute Gasteiger partial charge is 0.492 e. The highest BCUT2D eigenvalue weighted by Crippen LogP contribution is 2.54. The first-order valence-corrected chi connectivity index (χ1v) is 10.9. The molecule has 2 bridgehead atoms. The summed E-state index contributed by atoms with van der Waals surface area (Å²) in [5, 5.41) is 20.7. The normalized spacial score (nSPS) is 44.5. The van der Waals surface area contributed by atoms with Crippen molar-refractivity contribution >= 4 is 11.6 Å². The number of aliphatic hydroxyl groups is 1. The van der Waals surface area contributed by atoms with Crippen LogP contribution in [0.4, 0.5) is 0 Å². The van der Waals surface area contributed by atoms with Crippen molar-refractivity contribution in [3.63, 3.8) is 0 Å². The highest BCUT2D eigenvalue weighted by atomic mass is 16.5. The molecular weight excluding hydrogens is 400 g/mol. The van der Waals surface area contributed by atoms with Gasteiger partial charge in [-0.25, -0.2) is 0 Å². The van der Waals surface area contributed by atoms with Gasteiger partial charge in [-0.1, -0.05) is 0 Å². The van der Waals surface area contributed by atoms with E-state index in [0.717, 1.165) is 6.42 Å². The van der Waals surface area contributed by atoms with Gasteiger partial charge in [-0.2, -0.15) is 5.26 Å². The maximum absolute atomic E-state index is 13.6. The molecule has 0 aromatic carbocycles. The maximum Gasteiger partial charge on any atom is 0.226 e. The molecular formula is C22H26N4O5. The van der Waals surface area contributed by atoms with Gasteiger partial charge in [0.15, 0.2) is 11.5 Å². The number of piperazine rings is 1. The molecule has 0 amide bonds. The Hall–Kier alpha value is -2.09. The van der Waals surface area contributed by atoms with E-state index in [9.17, 15) is 20.0 Å². The number of methoxy groups -OCH3 is 1. The van der Waals surface area contributed by atoms with Crippen LogP contribution in [0.25, 0.3) is 0 Å². The zero-order valence-corrected chi connectivity index (χ0v) is 17.8. The summed E-state index contributed by atoms with van der Waals surface area (Å²) in [4.78, 5) is 33.7. The number of rotatable bonds is 2. The highest BCUT2D eigenvalue weighted by molar-refractivity contribution is 6.25. The van der Waals surface area contributed by atoms with Crippen LogP contribution in [0.2, 0.25) is 0 Å². The van der Waals surface area contributed by atoms with Crippen LogP contribution in [0.15, 0.2) is 22.5 Å². The predicted octanol–water partition coefficient (Wildman–Crippen LogP) is -0.965. The van der Waals surface area contributed by atoms with Crippen molar-refractivity contribution in [3.05, 3.63) is 22.5 Å². The molecule has 6 aliphatic rings. The van der Waals surface area contributed by atoms with Crippen LogP contribution in [0, 0.1) is 17.2 Å². The van der Waals surface area contributed by atoms with Gasteiger partial charge in [0.1, 0.15) is 12.3 Å².